The lowest BCUT2D eigenvalue weighted by Crippen LogP contribution is -2.37. The second kappa shape index (κ2) is 8.97. The number of carboxylic acid groups (broad SMARTS) is 1. The molecule has 2 fully saturated rings. The molecule has 2 N–H and O–H groups in total. The first-order valence-corrected chi connectivity index (χ1v) is 11.2. The Hall–Kier alpha value is -2.81. The van der Waals surface area contributed by atoms with Gasteiger partial charge in [0.1, 0.15) is 11.4 Å². The van der Waals surface area contributed by atoms with Gasteiger partial charge in [0, 0.05) is 25.3 Å². The first kappa shape index (κ1) is 22.4. The number of anilines is 1. The number of amides is 1. The number of carbonyl (C=O) groups excluding carboxylic acids is 1. The first-order valence-electron chi connectivity index (χ1n) is 10.8. The van der Waals surface area contributed by atoms with Crippen LogP contribution in [0, 0.1) is 5.82 Å². The zero-order chi connectivity index (χ0) is 23.0. The number of alkyl carbamates (subject to hydrolysis) is 1. The predicted octanol–water partition coefficient (Wildman–Crippen LogP) is 3.93. The Balaban J connectivity index is 1.65. The van der Waals surface area contributed by atoms with E-state index in [1.165, 1.54) is 6.20 Å². The van der Waals surface area contributed by atoms with Crippen LogP contribution in [-0.4, -0.2) is 47.5 Å². The molecule has 4 rings (SSSR count). The van der Waals surface area contributed by atoms with Gasteiger partial charge in [-0.3, -0.25) is 4.79 Å². The number of pyridine rings is 1. The normalized spacial score (nSPS) is 18.2. The zero-order valence-electron chi connectivity index (χ0n) is 17.7. The minimum atomic E-state index is -1.36. The molecule has 0 spiro atoms. The van der Waals surface area contributed by atoms with Crippen molar-refractivity contribution in [2.45, 2.75) is 51.1 Å². The van der Waals surface area contributed by atoms with E-state index >= 15 is 4.39 Å². The van der Waals surface area contributed by atoms with Crippen LogP contribution < -0.4 is 15.6 Å². The summed E-state index contributed by atoms with van der Waals surface area (Å²) in [6.07, 6.45) is 4.76. The molecule has 1 aromatic carbocycles. The molecule has 172 valence electrons. The Bertz CT molecular complexity index is 1130. The van der Waals surface area contributed by atoms with E-state index in [9.17, 15) is 19.5 Å². The second-order valence-electron chi connectivity index (χ2n) is 8.30. The van der Waals surface area contributed by atoms with E-state index in [2.05, 4.69) is 5.32 Å². The monoisotopic (exact) mass is 465 g/mol. The molecule has 32 heavy (non-hydrogen) atoms. The summed E-state index contributed by atoms with van der Waals surface area (Å²) in [5.41, 5.74) is -0.664. The summed E-state index contributed by atoms with van der Waals surface area (Å²) in [7, 11) is 0. The number of hydrogen-bond donors (Lipinski definition) is 2. The predicted molar refractivity (Wildman–Crippen MR) is 118 cm³/mol. The van der Waals surface area contributed by atoms with Crippen LogP contribution in [0.3, 0.4) is 0 Å². The lowest BCUT2D eigenvalue weighted by molar-refractivity contribution is 0.0694. The van der Waals surface area contributed by atoms with Gasteiger partial charge in [0.25, 0.3) is 0 Å². The number of halogens is 2. The molecule has 1 saturated carbocycles. The molecule has 1 amide bonds. The molecule has 0 bridgehead atoms. The standard InChI is InChI=1S/C22H25ClFN3O5/c1-2-3-8-32-22(31)25-12-6-7-26(10-12)19-16(24)9-14-18(17(19)23)27(13-4-5-13)11-15(20(14)28)21(29)30/h9,11-13H,2-8,10H2,1H3,(H,25,31)(H,29,30). The number of carboxylic acids is 1. The van der Waals surface area contributed by atoms with Crippen molar-refractivity contribution in [2.75, 3.05) is 24.6 Å². The fourth-order valence-corrected chi connectivity index (χ4v) is 4.52. The Kier molecular flexibility index (Phi) is 6.28. The number of aromatic carboxylic acids is 1. The molecule has 2 aliphatic rings. The summed E-state index contributed by atoms with van der Waals surface area (Å²) in [6.45, 7) is 3.15. The molecular weight excluding hydrogens is 441 g/mol. The van der Waals surface area contributed by atoms with Crippen LogP contribution in [0.25, 0.3) is 10.9 Å². The van der Waals surface area contributed by atoms with Crippen molar-refractivity contribution in [2.24, 2.45) is 0 Å². The van der Waals surface area contributed by atoms with Crippen molar-refractivity contribution in [1.29, 1.82) is 0 Å². The Morgan fingerprint density at radius 3 is 2.75 bits per heavy atom. The smallest absolute Gasteiger partial charge is 0.407 e. The first-order chi connectivity index (χ1) is 15.3. The van der Waals surface area contributed by atoms with Gasteiger partial charge in [-0.05, 0) is 31.7 Å². The van der Waals surface area contributed by atoms with Crippen LogP contribution in [0.2, 0.25) is 5.02 Å². The number of rotatable bonds is 7. The van der Waals surface area contributed by atoms with Crippen molar-refractivity contribution in [1.82, 2.24) is 9.88 Å². The summed E-state index contributed by atoms with van der Waals surface area (Å²) in [5, 5.41) is 12.2. The maximum absolute atomic E-state index is 15.2. The van der Waals surface area contributed by atoms with Crippen LogP contribution >= 0.6 is 11.6 Å². The van der Waals surface area contributed by atoms with Gasteiger partial charge in [-0.15, -0.1) is 0 Å². The van der Waals surface area contributed by atoms with E-state index in [0.29, 0.717) is 31.6 Å². The highest BCUT2D eigenvalue weighted by Crippen LogP contribution is 2.42. The highest BCUT2D eigenvalue weighted by Gasteiger charge is 2.32. The number of nitrogens with zero attached hydrogens (tertiary/aromatic N) is 2. The quantitative estimate of drug-likeness (QED) is 0.601. The van der Waals surface area contributed by atoms with Gasteiger partial charge in [-0.2, -0.15) is 0 Å². The van der Waals surface area contributed by atoms with E-state index in [1.54, 1.807) is 9.47 Å². The highest BCUT2D eigenvalue weighted by atomic mass is 35.5. The van der Waals surface area contributed by atoms with Crippen LogP contribution in [0.5, 0.6) is 0 Å². The van der Waals surface area contributed by atoms with Crippen LogP contribution in [0.4, 0.5) is 14.9 Å². The lowest BCUT2D eigenvalue weighted by atomic mass is 10.1. The molecule has 0 radical (unpaired) electrons. The summed E-state index contributed by atoms with van der Waals surface area (Å²) in [5.74, 6) is -2.05. The Labute approximate surface area is 188 Å². The largest absolute Gasteiger partial charge is 0.477 e. The zero-order valence-corrected chi connectivity index (χ0v) is 18.5. The third kappa shape index (κ3) is 4.26. The average Bonchev–Trinajstić information content (AvgIpc) is 3.48. The molecule has 10 heteroatoms. The van der Waals surface area contributed by atoms with Crippen molar-refractivity contribution in [3.05, 3.63) is 38.9 Å². The average molecular weight is 466 g/mol. The Morgan fingerprint density at radius 1 is 1.34 bits per heavy atom. The van der Waals surface area contributed by atoms with Crippen molar-refractivity contribution in [3.63, 3.8) is 0 Å². The fourth-order valence-electron chi connectivity index (χ4n) is 4.11. The van der Waals surface area contributed by atoms with E-state index in [1.807, 2.05) is 6.92 Å². The third-order valence-electron chi connectivity index (χ3n) is 5.91. The van der Waals surface area contributed by atoms with E-state index < -0.39 is 28.9 Å². The topological polar surface area (TPSA) is 101 Å². The molecule has 1 aliphatic heterocycles. The molecule has 1 saturated heterocycles. The van der Waals surface area contributed by atoms with Gasteiger partial charge in [0.05, 0.1) is 34.3 Å². The van der Waals surface area contributed by atoms with Gasteiger partial charge in [0.15, 0.2) is 0 Å². The van der Waals surface area contributed by atoms with Crippen LogP contribution in [0.1, 0.15) is 55.4 Å². The molecular formula is C22H25ClFN3O5. The number of benzene rings is 1. The van der Waals surface area contributed by atoms with Crippen LogP contribution in [0.15, 0.2) is 17.1 Å². The number of aromatic nitrogens is 1. The summed E-state index contributed by atoms with van der Waals surface area (Å²) in [4.78, 5) is 37.9. The van der Waals surface area contributed by atoms with Gasteiger partial charge >= 0.3 is 12.1 Å². The fraction of sp³-hybridized carbons (Fsp3) is 0.500. The van der Waals surface area contributed by atoms with Crippen molar-refractivity contribution in [3.8, 4) is 0 Å². The Morgan fingerprint density at radius 2 is 2.09 bits per heavy atom. The highest BCUT2D eigenvalue weighted by molar-refractivity contribution is 6.38. The summed E-state index contributed by atoms with van der Waals surface area (Å²) in [6, 6.07) is 0.873. The number of hydrogen-bond acceptors (Lipinski definition) is 5. The molecule has 1 atom stereocenters. The van der Waals surface area contributed by atoms with Gasteiger partial charge in [-0.25, -0.2) is 14.0 Å². The number of unbranched alkanes of at least 4 members (excludes halogenated alkanes) is 1. The minimum absolute atomic E-state index is 0.0258. The van der Waals surface area contributed by atoms with E-state index in [4.69, 9.17) is 16.3 Å². The maximum Gasteiger partial charge on any atom is 0.407 e. The number of nitrogens with one attached hydrogen (secondary N) is 1. The molecule has 1 aromatic heterocycles. The summed E-state index contributed by atoms with van der Waals surface area (Å²) < 4.78 is 22.0. The van der Waals surface area contributed by atoms with Gasteiger partial charge in [0.2, 0.25) is 5.43 Å². The summed E-state index contributed by atoms with van der Waals surface area (Å²) >= 11 is 6.64. The third-order valence-corrected chi connectivity index (χ3v) is 6.27. The number of fused-ring (bicyclic) bond motifs is 1. The van der Waals surface area contributed by atoms with Gasteiger partial charge in [-0.1, -0.05) is 24.9 Å². The molecule has 1 aliphatic carbocycles. The van der Waals surface area contributed by atoms with Crippen molar-refractivity contribution < 1.29 is 23.8 Å². The minimum Gasteiger partial charge on any atom is -0.477 e. The maximum atomic E-state index is 15.2. The molecule has 2 heterocycles. The SMILES string of the molecule is CCCCOC(=O)NC1CCN(c2c(F)cc3c(=O)c(C(=O)O)cn(C4CC4)c3c2Cl)C1. The van der Waals surface area contributed by atoms with E-state index in [-0.39, 0.29) is 28.2 Å². The van der Waals surface area contributed by atoms with Crippen molar-refractivity contribution >= 4 is 40.3 Å². The van der Waals surface area contributed by atoms with Gasteiger partial charge < -0.3 is 24.6 Å². The second-order valence-corrected chi connectivity index (χ2v) is 8.68. The molecule has 1 unspecified atom stereocenters. The van der Waals surface area contributed by atoms with Crippen LogP contribution in [-0.2, 0) is 4.74 Å². The molecule has 2 aromatic rings. The number of carbonyl (C=O) groups is 2. The molecule has 8 nitrogen and oxygen atoms in total. The number of ether oxygens (including phenoxy) is 1. The lowest BCUT2D eigenvalue weighted by Gasteiger charge is -2.23. The van der Waals surface area contributed by atoms with E-state index in [0.717, 1.165) is 31.7 Å².